The molecule has 0 aliphatic heterocycles. The second kappa shape index (κ2) is 3.62. The van der Waals surface area contributed by atoms with Crippen LogP contribution in [0.2, 0.25) is 0 Å². The smallest absolute Gasteiger partial charge is 0.139 e. The minimum Gasteiger partial charge on any atom is -0.461 e. The highest BCUT2D eigenvalue weighted by Crippen LogP contribution is 2.26. The molecule has 0 amide bonds. The third-order valence-corrected chi connectivity index (χ3v) is 2.16. The molecule has 2 aromatic rings. The summed E-state index contributed by atoms with van der Waals surface area (Å²) < 4.78 is 18.8. The lowest BCUT2D eigenvalue weighted by Gasteiger charge is -2.01. The van der Waals surface area contributed by atoms with Gasteiger partial charge in [-0.05, 0) is 31.2 Å². The zero-order chi connectivity index (χ0) is 10.8. The third-order valence-electron chi connectivity index (χ3n) is 2.16. The number of benzene rings is 1. The van der Waals surface area contributed by atoms with E-state index in [0.29, 0.717) is 11.3 Å². The zero-order valence-corrected chi connectivity index (χ0v) is 8.25. The number of halogens is 1. The molecule has 0 aliphatic carbocycles. The average Bonchev–Trinajstić information content (AvgIpc) is 2.64. The summed E-state index contributed by atoms with van der Waals surface area (Å²) in [5, 5.41) is 0. The van der Waals surface area contributed by atoms with Gasteiger partial charge in [-0.1, -0.05) is 12.0 Å². The van der Waals surface area contributed by atoms with Gasteiger partial charge in [-0.3, -0.25) is 0 Å². The standard InChI is InChI=1S/C13H9FO/c1-3-10-11(5-4-6-12(10)14)13-8-7-9(2)15-13/h1,4-8H,2H3. The Hall–Kier alpha value is -2.01. The van der Waals surface area contributed by atoms with Gasteiger partial charge >= 0.3 is 0 Å². The van der Waals surface area contributed by atoms with Crippen LogP contribution in [0, 0.1) is 25.1 Å². The lowest BCUT2D eigenvalue weighted by molar-refractivity contribution is 0.547. The van der Waals surface area contributed by atoms with Gasteiger partial charge in [-0.25, -0.2) is 4.39 Å². The van der Waals surface area contributed by atoms with Crippen molar-refractivity contribution in [1.29, 1.82) is 0 Å². The molecule has 0 bridgehead atoms. The van der Waals surface area contributed by atoms with Crippen LogP contribution in [-0.4, -0.2) is 0 Å². The van der Waals surface area contributed by atoms with E-state index in [4.69, 9.17) is 10.8 Å². The van der Waals surface area contributed by atoms with Gasteiger partial charge in [0.15, 0.2) is 0 Å². The van der Waals surface area contributed by atoms with Crippen LogP contribution in [0.25, 0.3) is 11.3 Å². The molecule has 1 aromatic carbocycles. The third kappa shape index (κ3) is 1.64. The van der Waals surface area contributed by atoms with Crippen molar-refractivity contribution in [2.45, 2.75) is 6.92 Å². The Morgan fingerprint density at radius 1 is 1.27 bits per heavy atom. The number of hydrogen-bond donors (Lipinski definition) is 0. The predicted octanol–water partition coefficient (Wildman–Crippen LogP) is 3.38. The van der Waals surface area contributed by atoms with Gasteiger partial charge in [-0.15, -0.1) is 6.42 Å². The van der Waals surface area contributed by atoms with Crippen molar-refractivity contribution in [3.8, 4) is 23.7 Å². The van der Waals surface area contributed by atoms with E-state index in [2.05, 4.69) is 5.92 Å². The molecule has 0 aliphatic rings. The van der Waals surface area contributed by atoms with E-state index in [1.165, 1.54) is 6.07 Å². The number of aryl methyl sites for hydroxylation is 1. The molecule has 0 radical (unpaired) electrons. The molecule has 0 atom stereocenters. The fraction of sp³-hybridized carbons (Fsp3) is 0.0769. The van der Waals surface area contributed by atoms with Crippen molar-refractivity contribution in [3.63, 3.8) is 0 Å². The highest BCUT2D eigenvalue weighted by atomic mass is 19.1. The van der Waals surface area contributed by atoms with Crippen LogP contribution in [0.15, 0.2) is 34.7 Å². The van der Waals surface area contributed by atoms with Crippen molar-refractivity contribution in [3.05, 3.63) is 47.5 Å². The van der Waals surface area contributed by atoms with Crippen LogP contribution in [0.5, 0.6) is 0 Å². The SMILES string of the molecule is C#Cc1c(F)cccc1-c1ccc(C)o1. The molecule has 74 valence electrons. The molecule has 1 heterocycles. The maximum absolute atomic E-state index is 13.4. The highest BCUT2D eigenvalue weighted by molar-refractivity contribution is 5.67. The van der Waals surface area contributed by atoms with Crippen molar-refractivity contribution in [1.82, 2.24) is 0 Å². The molecule has 0 unspecified atom stereocenters. The molecule has 15 heavy (non-hydrogen) atoms. The fourth-order valence-corrected chi connectivity index (χ4v) is 1.46. The maximum Gasteiger partial charge on any atom is 0.139 e. The Labute approximate surface area is 87.5 Å². The minimum atomic E-state index is -0.399. The first-order valence-corrected chi connectivity index (χ1v) is 4.54. The van der Waals surface area contributed by atoms with Crippen LogP contribution in [0.4, 0.5) is 4.39 Å². The van der Waals surface area contributed by atoms with E-state index in [1.807, 2.05) is 13.0 Å². The van der Waals surface area contributed by atoms with Gasteiger partial charge in [-0.2, -0.15) is 0 Å². The molecular weight excluding hydrogens is 191 g/mol. The molecule has 0 saturated carbocycles. The number of hydrogen-bond acceptors (Lipinski definition) is 1. The minimum absolute atomic E-state index is 0.242. The lowest BCUT2D eigenvalue weighted by Crippen LogP contribution is -1.87. The number of rotatable bonds is 1. The number of furan rings is 1. The Balaban J connectivity index is 2.63. The molecule has 2 rings (SSSR count). The van der Waals surface area contributed by atoms with Gasteiger partial charge in [0.1, 0.15) is 17.3 Å². The Morgan fingerprint density at radius 3 is 2.67 bits per heavy atom. The van der Waals surface area contributed by atoms with Gasteiger partial charge in [0.25, 0.3) is 0 Å². The molecule has 0 saturated heterocycles. The quantitative estimate of drug-likeness (QED) is 0.643. The van der Waals surface area contributed by atoms with E-state index in [0.717, 1.165) is 5.76 Å². The first-order valence-electron chi connectivity index (χ1n) is 4.54. The Bertz CT molecular complexity index is 532. The highest BCUT2D eigenvalue weighted by Gasteiger charge is 2.10. The molecular formula is C13H9FO. The molecule has 0 N–H and O–H groups in total. The summed E-state index contributed by atoms with van der Waals surface area (Å²) in [6.07, 6.45) is 5.26. The van der Waals surface area contributed by atoms with Crippen molar-refractivity contribution in [2.75, 3.05) is 0 Å². The largest absolute Gasteiger partial charge is 0.461 e. The second-order valence-electron chi connectivity index (χ2n) is 3.22. The van der Waals surface area contributed by atoms with E-state index in [-0.39, 0.29) is 5.56 Å². The van der Waals surface area contributed by atoms with E-state index >= 15 is 0 Å². The van der Waals surface area contributed by atoms with Crippen molar-refractivity contribution < 1.29 is 8.81 Å². The van der Waals surface area contributed by atoms with E-state index in [9.17, 15) is 4.39 Å². The van der Waals surface area contributed by atoms with Gasteiger partial charge in [0.05, 0.1) is 5.56 Å². The monoisotopic (exact) mass is 200 g/mol. The normalized spacial score (nSPS) is 9.93. The fourth-order valence-electron chi connectivity index (χ4n) is 1.46. The maximum atomic E-state index is 13.4. The first kappa shape index (κ1) is 9.54. The summed E-state index contributed by atoms with van der Waals surface area (Å²) in [5.74, 6) is 3.31. The van der Waals surface area contributed by atoms with E-state index in [1.54, 1.807) is 18.2 Å². The van der Waals surface area contributed by atoms with Crippen LogP contribution in [0.3, 0.4) is 0 Å². The summed E-state index contributed by atoms with van der Waals surface area (Å²) in [5.41, 5.74) is 0.859. The van der Waals surface area contributed by atoms with Crippen molar-refractivity contribution >= 4 is 0 Å². The summed E-state index contributed by atoms with van der Waals surface area (Å²) in [6.45, 7) is 1.83. The van der Waals surface area contributed by atoms with Crippen LogP contribution >= 0.6 is 0 Å². The average molecular weight is 200 g/mol. The van der Waals surface area contributed by atoms with Crippen LogP contribution in [0.1, 0.15) is 11.3 Å². The van der Waals surface area contributed by atoms with Crippen molar-refractivity contribution in [2.24, 2.45) is 0 Å². The van der Waals surface area contributed by atoms with Crippen LogP contribution < -0.4 is 0 Å². The van der Waals surface area contributed by atoms with Gasteiger partial charge < -0.3 is 4.42 Å². The molecule has 1 nitrogen and oxygen atoms in total. The van der Waals surface area contributed by atoms with Gasteiger partial charge in [0.2, 0.25) is 0 Å². The summed E-state index contributed by atoms with van der Waals surface area (Å²) in [4.78, 5) is 0. The topological polar surface area (TPSA) is 13.1 Å². The Kier molecular flexibility index (Phi) is 2.31. The molecule has 2 heteroatoms. The number of terminal acetylenes is 1. The molecule has 0 spiro atoms. The lowest BCUT2D eigenvalue weighted by atomic mass is 10.1. The molecule has 0 fully saturated rings. The van der Waals surface area contributed by atoms with Gasteiger partial charge in [0, 0.05) is 5.56 Å². The Morgan fingerprint density at radius 2 is 2.07 bits per heavy atom. The summed E-state index contributed by atoms with van der Waals surface area (Å²) in [7, 11) is 0. The summed E-state index contributed by atoms with van der Waals surface area (Å²) in [6, 6.07) is 8.31. The summed E-state index contributed by atoms with van der Waals surface area (Å²) >= 11 is 0. The van der Waals surface area contributed by atoms with Crippen LogP contribution in [-0.2, 0) is 0 Å². The van der Waals surface area contributed by atoms with E-state index < -0.39 is 5.82 Å². The first-order chi connectivity index (χ1) is 7.22. The zero-order valence-electron chi connectivity index (χ0n) is 8.25. The molecule has 1 aromatic heterocycles. The second-order valence-corrected chi connectivity index (χ2v) is 3.22. The predicted molar refractivity (Wildman–Crippen MR) is 56.8 cm³/mol.